The van der Waals surface area contributed by atoms with Crippen LogP contribution in [-0.2, 0) is 11.2 Å². The summed E-state index contributed by atoms with van der Waals surface area (Å²) in [4.78, 5) is 0. The van der Waals surface area contributed by atoms with Gasteiger partial charge in [0.2, 0.25) is 0 Å². The van der Waals surface area contributed by atoms with Crippen LogP contribution in [0.25, 0.3) is 0 Å². The second kappa shape index (κ2) is 5.55. The van der Waals surface area contributed by atoms with Crippen LogP contribution in [0.15, 0.2) is 18.2 Å². The maximum absolute atomic E-state index is 13.2. The molecule has 1 aromatic carbocycles. The zero-order chi connectivity index (χ0) is 12.3. The molecule has 1 aromatic rings. The molecule has 1 unspecified atom stereocenters. The van der Waals surface area contributed by atoms with Gasteiger partial charge in [-0.25, -0.2) is 4.39 Å². The van der Waals surface area contributed by atoms with Crippen molar-refractivity contribution in [3.05, 3.63) is 34.6 Å². The molecule has 1 atom stereocenters. The van der Waals surface area contributed by atoms with E-state index >= 15 is 0 Å². The van der Waals surface area contributed by atoms with Gasteiger partial charge in [-0.2, -0.15) is 0 Å². The molecule has 94 valence electrons. The molecule has 0 N–H and O–H groups in total. The highest BCUT2D eigenvalue weighted by atomic mass is 35.5. The molecular formula is C13H15Cl2FO. The Labute approximate surface area is 111 Å². The number of benzene rings is 1. The second-order valence-corrected chi connectivity index (χ2v) is 5.38. The first-order valence-corrected chi connectivity index (χ1v) is 6.64. The summed E-state index contributed by atoms with van der Waals surface area (Å²) in [5.41, 5.74) is 0.717. The average molecular weight is 277 g/mol. The quantitative estimate of drug-likeness (QED) is 0.757. The predicted octanol–water partition coefficient (Wildman–Crippen LogP) is 4.06. The number of ether oxygens (including phenoxy) is 1. The third-order valence-electron chi connectivity index (χ3n) is 3.26. The van der Waals surface area contributed by atoms with E-state index in [2.05, 4.69) is 0 Å². The highest BCUT2D eigenvalue weighted by Gasteiger charge is 2.33. The standard InChI is InChI=1S/C13H15Cl2FO/c14-8-13(4-1-5-17-9-13)7-10-6-11(16)2-3-12(10)15/h2-3,6H,1,4-5,7-9H2. The molecule has 0 aromatic heterocycles. The lowest BCUT2D eigenvalue weighted by Crippen LogP contribution is -2.35. The van der Waals surface area contributed by atoms with Gasteiger partial charge in [-0.1, -0.05) is 11.6 Å². The SMILES string of the molecule is Fc1ccc(Cl)c(CC2(CCl)CCCOC2)c1. The van der Waals surface area contributed by atoms with Crippen molar-refractivity contribution in [1.29, 1.82) is 0 Å². The number of rotatable bonds is 3. The highest BCUT2D eigenvalue weighted by molar-refractivity contribution is 6.31. The van der Waals surface area contributed by atoms with Crippen LogP contribution in [-0.4, -0.2) is 19.1 Å². The van der Waals surface area contributed by atoms with Crippen LogP contribution in [0.5, 0.6) is 0 Å². The Bertz CT molecular complexity index is 389. The lowest BCUT2D eigenvalue weighted by Gasteiger charge is -2.35. The van der Waals surface area contributed by atoms with Crippen LogP contribution in [0.2, 0.25) is 5.02 Å². The molecule has 0 aliphatic carbocycles. The molecule has 1 aliphatic rings. The Morgan fingerprint density at radius 2 is 2.24 bits per heavy atom. The van der Waals surface area contributed by atoms with Gasteiger partial charge in [0.15, 0.2) is 0 Å². The van der Waals surface area contributed by atoms with E-state index in [9.17, 15) is 4.39 Å². The van der Waals surface area contributed by atoms with Gasteiger partial charge in [-0.3, -0.25) is 0 Å². The number of hydrogen-bond donors (Lipinski definition) is 0. The molecule has 17 heavy (non-hydrogen) atoms. The Morgan fingerprint density at radius 1 is 1.41 bits per heavy atom. The van der Waals surface area contributed by atoms with Crippen LogP contribution in [0.4, 0.5) is 4.39 Å². The lowest BCUT2D eigenvalue weighted by molar-refractivity contribution is 0.00476. The zero-order valence-electron chi connectivity index (χ0n) is 9.52. The van der Waals surface area contributed by atoms with Gasteiger partial charge in [0.05, 0.1) is 6.61 Å². The van der Waals surface area contributed by atoms with Gasteiger partial charge in [0.1, 0.15) is 5.82 Å². The summed E-state index contributed by atoms with van der Waals surface area (Å²) in [5.74, 6) is 0.255. The molecule has 1 fully saturated rings. The van der Waals surface area contributed by atoms with Crippen LogP contribution in [0, 0.1) is 11.2 Å². The third-order valence-corrected chi connectivity index (χ3v) is 4.20. The van der Waals surface area contributed by atoms with Gasteiger partial charge >= 0.3 is 0 Å². The monoisotopic (exact) mass is 276 g/mol. The fraction of sp³-hybridized carbons (Fsp3) is 0.538. The summed E-state index contributed by atoms with van der Waals surface area (Å²) >= 11 is 12.1. The van der Waals surface area contributed by atoms with Gasteiger partial charge in [0.25, 0.3) is 0 Å². The van der Waals surface area contributed by atoms with Gasteiger partial charge < -0.3 is 4.74 Å². The maximum atomic E-state index is 13.2. The first-order valence-electron chi connectivity index (χ1n) is 5.73. The van der Waals surface area contributed by atoms with E-state index < -0.39 is 0 Å². The van der Waals surface area contributed by atoms with Crippen LogP contribution in [0.1, 0.15) is 18.4 Å². The maximum Gasteiger partial charge on any atom is 0.123 e. The van der Waals surface area contributed by atoms with Crippen molar-refractivity contribution in [3.63, 3.8) is 0 Å². The minimum absolute atomic E-state index is 0.1000. The Kier molecular flexibility index (Phi) is 4.29. The minimum Gasteiger partial charge on any atom is -0.381 e. The zero-order valence-corrected chi connectivity index (χ0v) is 11.0. The van der Waals surface area contributed by atoms with E-state index in [-0.39, 0.29) is 11.2 Å². The molecule has 1 saturated heterocycles. The number of halogens is 3. The van der Waals surface area contributed by atoms with E-state index in [1.165, 1.54) is 12.1 Å². The van der Waals surface area contributed by atoms with Crippen molar-refractivity contribution >= 4 is 23.2 Å². The molecule has 0 amide bonds. The largest absolute Gasteiger partial charge is 0.381 e. The topological polar surface area (TPSA) is 9.23 Å². The molecule has 0 bridgehead atoms. The fourth-order valence-electron chi connectivity index (χ4n) is 2.28. The van der Waals surface area contributed by atoms with Crippen molar-refractivity contribution in [2.24, 2.45) is 5.41 Å². The van der Waals surface area contributed by atoms with Crippen molar-refractivity contribution < 1.29 is 9.13 Å². The van der Waals surface area contributed by atoms with Crippen molar-refractivity contribution in [3.8, 4) is 0 Å². The fourth-order valence-corrected chi connectivity index (χ4v) is 2.77. The van der Waals surface area contributed by atoms with Crippen LogP contribution < -0.4 is 0 Å². The van der Waals surface area contributed by atoms with E-state index in [0.717, 1.165) is 25.0 Å². The summed E-state index contributed by atoms with van der Waals surface area (Å²) in [5, 5.41) is 0.599. The molecule has 1 heterocycles. The van der Waals surface area contributed by atoms with Crippen LogP contribution in [0.3, 0.4) is 0 Å². The highest BCUT2D eigenvalue weighted by Crippen LogP contribution is 2.35. The van der Waals surface area contributed by atoms with Crippen molar-refractivity contribution in [2.75, 3.05) is 19.1 Å². The summed E-state index contributed by atoms with van der Waals surface area (Å²) in [6.45, 7) is 1.42. The summed E-state index contributed by atoms with van der Waals surface area (Å²) in [6.07, 6.45) is 2.68. The first-order chi connectivity index (χ1) is 8.15. The molecule has 1 nitrogen and oxygen atoms in total. The summed E-state index contributed by atoms with van der Waals surface area (Å²) in [7, 11) is 0. The van der Waals surface area contributed by atoms with Crippen LogP contribution >= 0.6 is 23.2 Å². The van der Waals surface area contributed by atoms with E-state index in [4.69, 9.17) is 27.9 Å². The molecule has 0 radical (unpaired) electrons. The van der Waals surface area contributed by atoms with E-state index in [1.54, 1.807) is 6.07 Å². The minimum atomic E-state index is -0.258. The van der Waals surface area contributed by atoms with Gasteiger partial charge in [-0.05, 0) is 43.0 Å². The molecule has 0 saturated carbocycles. The van der Waals surface area contributed by atoms with Gasteiger partial charge in [0, 0.05) is 22.9 Å². The Balaban J connectivity index is 2.20. The molecule has 4 heteroatoms. The third kappa shape index (κ3) is 3.12. The van der Waals surface area contributed by atoms with E-state index in [0.29, 0.717) is 23.9 Å². The molecule has 2 rings (SSSR count). The molecule has 0 spiro atoms. The van der Waals surface area contributed by atoms with E-state index in [1.807, 2.05) is 0 Å². The molecule has 1 aliphatic heterocycles. The lowest BCUT2D eigenvalue weighted by atomic mass is 9.79. The summed E-state index contributed by atoms with van der Waals surface area (Å²) < 4.78 is 18.7. The smallest absolute Gasteiger partial charge is 0.123 e. The predicted molar refractivity (Wildman–Crippen MR) is 68.3 cm³/mol. The van der Waals surface area contributed by atoms with Crippen molar-refractivity contribution in [2.45, 2.75) is 19.3 Å². The molecular weight excluding hydrogens is 262 g/mol. The Morgan fingerprint density at radius 3 is 2.88 bits per heavy atom. The number of hydrogen-bond acceptors (Lipinski definition) is 1. The van der Waals surface area contributed by atoms with Gasteiger partial charge in [-0.15, -0.1) is 11.6 Å². The average Bonchev–Trinajstić information content (AvgIpc) is 2.35. The normalized spacial score (nSPS) is 24.9. The first kappa shape index (κ1) is 13.1. The van der Waals surface area contributed by atoms with Crippen molar-refractivity contribution in [1.82, 2.24) is 0 Å². The number of alkyl halides is 1. The second-order valence-electron chi connectivity index (χ2n) is 4.70. The summed E-state index contributed by atoms with van der Waals surface area (Å²) in [6, 6.07) is 4.46. The Hall–Kier alpha value is -0.310.